The fourth-order valence-corrected chi connectivity index (χ4v) is 2.99. The molecule has 0 bridgehead atoms. The van der Waals surface area contributed by atoms with Crippen molar-refractivity contribution >= 4 is 11.5 Å². The van der Waals surface area contributed by atoms with Crippen LogP contribution >= 0.6 is 0 Å². The van der Waals surface area contributed by atoms with Gasteiger partial charge in [0.25, 0.3) is 0 Å². The summed E-state index contributed by atoms with van der Waals surface area (Å²) in [6.45, 7) is 0. The minimum atomic E-state index is 0.106. The molecule has 24 heavy (non-hydrogen) atoms. The molecule has 1 heterocycles. The standard InChI is InChI=1S/C22H18N2/c1-4-10-17(11-5-1)20-16-21(18-12-6-2-7-13-18)24-22(23-20)19-14-8-3-9-15-19/h1-15,20H,16H2. The lowest BCUT2D eigenvalue weighted by Gasteiger charge is -2.21. The number of hydrogen-bond donors (Lipinski definition) is 0. The summed E-state index contributed by atoms with van der Waals surface area (Å²) in [5, 5.41) is 0. The third kappa shape index (κ3) is 3.04. The van der Waals surface area contributed by atoms with E-state index in [0.717, 1.165) is 23.5 Å². The van der Waals surface area contributed by atoms with E-state index in [9.17, 15) is 0 Å². The van der Waals surface area contributed by atoms with Crippen LogP contribution in [0.1, 0.15) is 29.2 Å². The van der Waals surface area contributed by atoms with Gasteiger partial charge in [0.2, 0.25) is 0 Å². The van der Waals surface area contributed by atoms with Gasteiger partial charge in [-0.25, -0.2) is 4.99 Å². The molecule has 4 rings (SSSR count). The summed E-state index contributed by atoms with van der Waals surface area (Å²) in [6.07, 6.45) is 0.824. The summed E-state index contributed by atoms with van der Waals surface area (Å²) in [7, 11) is 0. The van der Waals surface area contributed by atoms with Crippen LogP contribution in [0.15, 0.2) is 101 Å². The summed E-state index contributed by atoms with van der Waals surface area (Å²) in [5.41, 5.74) is 4.56. The molecule has 0 N–H and O–H groups in total. The lowest BCUT2D eigenvalue weighted by atomic mass is 9.96. The van der Waals surface area contributed by atoms with Gasteiger partial charge >= 0.3 is 0 Å². The molecular weight excluding hydrogens is 292 g/mol. The smallest absolute Gasteiger partial charge is 0.155 e. The van der Waals surface area contributed by atoms with Crippen LogP contribution in [-0.4, -0.2) is 11.5 Å². The molecule has 1 aliphatic heterocycles. The molecule has 0 aromatic heterocycles. The lowest BCUT2D eigenvalue weighted by Crippen LogP contribution is -2.17. The van der Waals surface area contributed by atoms with E-state index in [1.807, 2.05) is 30.3 Å². The van der Waals surface area contributed by atoms with E-state index in [-0.39, 0.29) is 6.04 Å². The maximum atomic E-state index is 4.93. The SMILES string of the molecule is c1ccc(C2=NC(c3ccccc3)=NC(c3ccccc3)C2)cc1. The Morgan fingerprint density at radius 3 is 1.79 bits per heavy atom. The van der Waals surface area contributed by atoms with E-state index in [0.29, 0.717) is 0 Å². The number of benzene rings is 3. The number of amidine groups is 1. The molecule has 0 saturated heterocycles. The molecule has 0 spiro atoms. The van der Waals surface area contributed by atoms with E-state index >= 15 is 0 Å². The number of nitrogens with zero attached hydrogens (tertiary/aromatic N) is 2. The van der Waals surface area contributed by atoms with E-state index < -0.39 is 0 Å². The minimum absolute atomic E-state index is 0.106. The van der Waals surface area contributed by atoms with Gasteiger partial charge in [0, 0.05) is 12.0 Å². The van der Waals surface area contributed by atoms with Gasteiger partial charge < -0.3 is 0 Å². The van der Waals surface area contributed by atoms with Crippen LogP contribution in [0.25, 0.3) is 0 Å². The maximum Gasteiger partial charge on any atom is 0.155 e. The highest BCUT2D eigenvalue weighted by Crippen LogP contribution is 2.28. The van der Waals surface area contributed by atoms with Crippen molar-refractivity contribution < 1.29 is 0 Å². The molecule has 2 nitrogen and oxygen atoms in total. The van der Waals surface area contributed by atoms with Crippen molar-refractivity contribution in [1.82, 2.24) is 0 Å². The van der Waals surface area contributed by atoms with Gasteiger partial charge in [-0.05, 0) is 11.1 Å². The van der Waals surface area contributed by atoms with Crippen molar-refractivity contribution in [2.24, 2.45) is 9.98 Å². The van der Waals surface area contributed by atoms with Crippen molar-refractivity contribution in [3.63, 3.8) is 0 Å². The third-order valence-electron chi connectivity index (χ3n) is 4.23. The largest absolute Gasteiger partial charge is 0.258 e. The average molecular weight is 310 g/mol. The lowest BCUT2D eigenvalue weighted by molar-refractivity contribution is 0.753. The highest BCUT2D eigenvalue weighted by molar-refractivity contribution is 6.14. The molecule has 1 unspecified atom stereocenters. The van der Waals surface area contributed by atoms with Crippen molar-refractivity contribution in [2.45, 2.75) is 12.5 Å². The molecule has 1 aliphatic rings. The van der Waals surface area contributed by atoms with Crippen LogP contribution in [0.5, 0.6) is 0 Å². The Hall–Kier alpha value is -3.00. The highest BCUT2D eigenvalue weighted by atomic mass is 15.0. The predicted molar refractivity (Wildman–Crippen MR) is 99.8 cm³/mol. The van der Waals surface area contributed by atoms with E-state index in [1.54, 1.807) is 0 Å². The summed E-state index contributed by atoms with van der Waals surface area (Å²) < 4.78 is 0. The zero-order chi connectivity index (χ0) is 16.2. The van der Waals surface area contributed by atoms with Crippen molar-refractivity contribution in [3.8, 4) is 0 Å². The molecule has 0 fully saturated rings. The first kappa shape index (κ1) is 14.6. The number of rotatable bonds is 3. The van der Waals surface area contributed by atoms with Gasteiger partial charge in [-0.1, -0.05) is 91.0 Å². The minimum Gasteiger partial charge on any atom is -0.258 e. The summed E-state index contributed by atoms with van der Waals surface area (Å²) in [6, 6.07) is 31.2. The molecule has 116 valence electrons. The van der Waals surface area contributed by atoms with Crippen LogP contribution in [0, 0.1) is 0 Å². The Kier molecular flexibility index (Phi) is 4.03. The zero-order valence-corrected chi connectivity index (χ0v) is 13.3. The normalized spacial score (nSPS) is 17.1. The van der Waals surface area contributed by atoms with Gasteiger partial charge in [-0.3, -0.25) is 4.99 Å². The Bertz CT molecular complexity index is 866. The fourth-order valence-electron chi connectivity index (χ4n) is 2.99. The van der Waals surface area contributed by atoms with Crippen molar-refractivity contribution in [3.05, 3.63) is 108 Å². The molecule has 0 radical (unpaired) electrons. The first-order chi connectivity index (χ1) is 11.9. The summed E-state index contributed by atoms with van der Waals surface area (Å²) in [5.74, 6) is 0.814. The predicted octanol–water partition coefficient (Wildman–Crippen LogP) is 5.07. The van der Waals surface area contributed by atoms with Gasteiger partial charge in [0.05, 0.1) is 11.8 Å². The molecule has 2 heteroatoms. The fraction of sp³-hybridized carbons (Fsp3) is 0.0909. The highest BCUT2D eigenvalue weighted by Gasteiger charge is 2.21. The molecule has 3 aromatic carbocycles. The van der Waals surface area contributed by atoms with Gasteiger partial charge in [-0.2, -0.15) is 0 Å². The second kappa shape index (κ2) is 6.63. The van der Waals surface area contributed by atoms with Crippen molar-refractivity contribution in [1.29, 1.82) is 0 Å². The van der Waals surface area contributed by atoms with Gasteiger partial charge in [0.15, 0.2) is 5.84 Å². The van der Waals surface area contributed by atoms with E-state index in [1.165, 1.54) is 11.1 Å². The molecule has 1 atom stereocenters. The second-order valence-corrected chi connectivity index (χ2v) is 5.87. The Morgan fingerprint density at radius 2 is 1.17 bits per heavy atom. The van der Waals surface area contributed by atoms with Crippen LogP contribution in [-0.2, 0) is 0 Å². The topological polar surface area (TPSA) is 24.7 Å². The second-order valence-electron chi connectivity index (χ2n) is 5.87. The van der Waals surface area contributed by atoms with Crippen LogP contribution < -0.4 is 0 Å². The molecular formula is C22H18N2. The van der Waals surface area contributed by atoms with Gasteiger partial charge in [-0.15, -0.1) is 0 Å². The molecule has 3 aromatic rings. The molecule has 0 aliphatic carbocycles. The first-order valence-corrected chi connectivity index (χ1v) is 8.21. The third-order valence-corrected chi connectivity index (χ3v) is 4.23. The Morgan fingerprint density at radius 1 is 0.625 bits per heavy atom. The summed E-state index contributed by atoms with van der Waals surface area (Å²) in [4.78, 5) is 9.79. The van der Waals surface area contributed by atoms with Crippen LogP contribution in [0.2, 0.25) is 0 Å². The van der Waals surface area contributed by atoms with Crippen LogP contribution in [0.3, 0.4) is 0 Å². The molecule has 0 saturated carbocycles. The van der Waals surface area contributed by atoms with E-state index in [2.05, 4.69) is 60.7 Å². The zero-order valence-electron chi connectivity index (χ0n) is 13.3. The Labute approximate surface area is 142 Å². The van der Waals surface area contributed by atoms with Gasteiger partial charge in [0.1, 0.15) is 0 Å². The monoisotopic (exact) mass is 310 g/mol. The van der Waals surface area contributed by atoms with E-state index in [4.69, 9.17) is 9.98 Å². The molecule has 0 amide bonds. The Balaban J connectivity index is 1.79. The summed E-state index contributed by atoms with van der Waals surface area (Å²) >= 11 is 0. The number of aliphatic imine (C=N–C) groups is 2. The van der Waals surface area contributed by atoms with Crippen molar-refractivity contribution in [2.75, 3.05) is 0 Å². The number of hydrogen-bond acceptors (Lipinski definition) is 2. The quantitative estimate of drug-likeness (QED) is 0.645. The first-order valence-electron chi connectivity index (χ1n) is 8.21. The average Bonchev–Trinajstić information content (AvgIpc) is 2.70. The maximum absolute atomic E-state index is 4.93. The van der Waals surface area contributed by atoms with Crippen LogP contribution in [0.4, 0.5) is 0 Å².